The third-order valence-electron chi connectivity index (χ3n) is 5.34. The standard InChI is InChI=1S/C22H26N4O2/c1-2-20-23-10-12-25(20)16-21(27)26-11-6-9-18(15-26)22-24-14-19(28-22)13-17-7-4-3-5-8-17/h3-5,7-8,10,12,14,18H,2,6,9,11,13,15-16H2,1H3. The van der Waals surface area contributed by atoms with Gasteiger partial charge >= 0.3 is 0 Å². The van der Waals surface area contributed by atoms with E-state index in [9.17, 15) is 4.79 Å². The van der Waals surface area contributed by atoms with Crippen molar-refractivity contribution in [2.45, 2.75) is 45.1 Å². The van der Waals surface area contributed by atoms with Crippen molar-refractivity contribution in [2.24, 2.45) is 0 Å². The topological polar surface area (TPSA) is 64.2 Å². The number of piperidine rings is 1. The molecule has 3 heterocycles. The molecule has 1 amide bonds. The van der Waals surface area contributed by atoms with Crippen LogP contribution >= 0.6 is 0 Å². The number of rotatable bonds is 6. The summed E-state index contributed by atoms with van der Waals surface area (Å²) in [5, 5.41) is 0. The predicted molar refractivity (Wildman–Crippen MR) is 106 cm³/mol. The van der Waals surface area contributed by atoms with Crippen molar-refractivity contribution in [1.82, 2.24) is 19.4 Å². The molecule has 1 aliphatic heterocycles. The van der Waals surface area contributed by atoms with E-state index in [2.05, 4.69) is 29.0 Å². The van der Waals surface area contributed by atoms with Crippen LogP contribution < -0.4 is 0 Å². The zero-order valence-corrected chi connectivity index (χ0v) is 16.3. The Morgan fingerprint density at radius 2 is 2.11 bits per heavy atom. The minimum atomic E-state index is 0.133. The van der Waals surface area contributed by atoms with Crippen LogP contribution in [0.5, 0.6) is 0 Å². The van der Waals surface area contributed by atoms with Crippen molar-refractivity contribution in [3.05, 3.63) is 72.0 Å². The van der Waals surface area contributed by atoms with Crippen LogP contribution in [-0.2, 0) is 24.2 Å². The molecule has 1 saturated heterocycles. The number of imidazole rings is 1. The first-order valence-corrected chi connectivity index (χ1v) is 9.99. The van der Waals surface area contributed by atoms with Gasteiger partial charge in [0.1, 0.15) is 18.1 Å². The highest BCUT2D eigenvalue weighted by Crippen LogP contribution is 2.27. The van der Waals surface area contributed by atoms with Crippen LogP contribution in [0.4, 0.5) is 0 Å². The number of amides is 1. The molecule has 1 fully saturated rings. The Bertz CT molecular complexity index is 916. The average Bonchev–Trinajstić information content (AvgIpc) is 3.38. The molecule has 3 aromatic rings. The Balaban J connectivity index is 1.39. The summed E-state index contributed by atoms with van der Waals surface area (Å²) in [6.07, 6.45) is 8.99. The first-order valence-electron chi connectivity index (χ1n) is 9.99. The van der Waals surface area contributed by atoms with Crippen molar-refractivity contribution < 1.29 is 9.21 Å². The number of hydrogen-bond donors (Lipinski definition) is 0. The molecular formula is C22H26N4O2. The van der Waals surface area contributed by atoms with E-state index in [0.29, 0.717) is 13.1 Å². The van der Waals surface area contributed by atoms with E-state index in [-0.39, 0.29) is 11.8 Å². The Hall–Kier alpha value is -2.89. The number of benzene rings is 1. The Morgan fingerprint density at radius 1 is 1.25 bits per heavy atom. The Morgan fingerprint density at radius 3 is 2.93 bits per heavy atom. The fourth-order valence-corrected chi connectivity index (χ4v) is 3.84. The summed E-state index contributed by atoms with van der Waals surface area (Å²) < 4.78 is 7.97. The van der Waals surface area contributed by atoms with Crippen LogP contribution in [0.25, 0.3) is 0 Å². The molecule has 1 unspecified atom stereocenters. The highest BCUT2D eigenvalue weighted by atomic mass is 16.4. The van der Waals surface area contributed by atoms with Crippen molar-refractivity contribution in [1.29, 1.82) is 0 Å². The molecule has 0 saturated carbocycles. The van der Waals surface area contributed by atoms with Crippen LogP contribution in [0.3, 0.4) is 0 Å². The number of aromatic nitrogens is 3. The molecule has 1 aromatic carbocycles. The molecular weight excluding hydrogens is 352 g/mol. The number of hydrogen-bond acceptors (Lipinski definition) is 4. The normalized spacial score (nSPS) is 17.0. The van der Waals surface area contributed by atoms with Crippen LogP contribution in [0.2, 0.25) is 0 Å². The van der Waals surface area contributed by atoms with Crippen LogP contribution in [0.15, 0.2) is 53.3 Å². The highest BCUT2D eigenvalue weighted by molar-refractivity contribution is 5.76. The van der Waals surface area contributed by atoms with E-state index in [0.717, 1.165) is 49.7 Å². The van der Waals surface area contributed by atoms with E-state index in [1.807, 2.05) is 40.1 Å². The van der Waals surface area contributed by atoms with Gasteiger partial charge in [-0.1, -0.05) is 37.3 Å². The number of likely N-dealkylation sites (tertiary alicyclic amines) is 1. The first kappa shape index (κ1) is 18.5. The summed E-state index contributed by atoms with van der Waals surface area (Å²) >= 11 is 0. The van der Waals surface area contributed by atoms with E-state index >= 15 is 0 Å². The third-order valence-corrected chi connectivity index (χ3v) is 5.34. The fourth-order valence-electron chi connectivity index (χ4n) is 3.84. The molecule has 1 atom stereocenters. The molecule has 0 aliphatic carbocycles. The van der Waals surface area contributed by atoms with Gasteiger partial charge in [0.25, 0.3) is 0 Å². The number of carbonyl (C=O) groups is 1. The molecule has 0 bridgehead atoms. The van der Waals surface area contributed by atoms with E-state index < -0.39 is 0 Å². The highest BCUT2D eigenvalue weighted by Gasteiger charge is 2.28. The zero-order valence-electron chi connectivity index (χ0n) is 16.3. The monoisotopic (exact) mass is 378 g/mol. The predicted octanol–water partition coefficient (Wildman–Crippen LogP) is 3.43. The maximum absolute atomic E-state index is 12.8. The van der Waals surface area contributed by atoms with Gasteiger partial charge in [0.2, 0.25) is 5.91 Å². The van der Waals surface area contributed by atoms with Gasteiger partial charge in [-0.15, -0.1) is 0 Å². The Labute approximate surface area is 165 Å². The van der Waals surface area contributed by atoms with Crippen LogP contribution in [0.1, 0.15) is 48.7 Å². The molecule has 0 N–H and O–H groups in total. The van der Waals surface area contributed by atoms with Gasteiger partial charge in [-0.05, 0) is 18.4 Å². The lowest BCUT2D eigenvalue weighted by atomic mass is 9.98. The second-order valence-corrected chi connectivity index (χ2v) is 7.33. The molecule has 1 aliphatic rings. The van der Waals surface area contributed by atoms with E-state index in [4.69, 9.17) is 4.42 Å². The van der Waals surface area contributed by atoms with E-state index in [1.54, 1.807) is 6.20 Å². The minimum Gasteiger partial charge on any atom is -0.445 e. The van der Waals surface area contributed by atoms with E-state index in [1.165, 1.54) is 5.56 Å². The quantitative estimate of drug-likeness (QED) is 0.659. The molecule has 2 aromatic heterocycles. The van der Waals surface area contributed by atoms with Gasteiger partial charge in [-0.2, -0.15) is 0 Å². The van der Waals surface area contributed by atoms with Crippen molar-refractivity contribution >= 4 is 5.91 Å². The summed E-state index contributed by atoms with van der Waals surface area (Å²) in [6, 6.07) is 10.2. The van der Waals surface area contributed by atoms with Gasteiger partial charge in [0.15, 0.2) is 5.89 Å². The number of aryl methyl sites for hydroxylation is 1. The van der Waals surface area contributed by atoms with Crippen molar-refractivity contribution in [3.8, 4) is 0 Å². The summed E-state index contributed by atoms with van der Waals surface area (Å²) in [7, 11) is 0. The summed E-state index contributed by atoms with van der Waals surface area (Å²) in [6.45, 7) is 3.86. The summed E-state index contributed by atoms with van der Waals surface area (Å²) in [4.78, 5) is 23.5. The number of nitrogens with zero attached hydrogens (tertiary/aromatic N) is 4. The molecule has 4 rings (SSSR count). The van der Waals surface area contributed by atoms with Gasteiger partial charge in [0, 0.05) is 38.3 Å². The van der Waals surface area contributed by atoms with Crippen molar-refractivity contribution in [3.63, 3.8) is 0 Å². The van der Waals surface area contributed by atoms with Crippen LogP contribution in [0, 0.1) is 0 Å². The smallest absolute Gasteiger partial charge is 0.242 e. The third kappa shape index (κ3) is 4.16. The van der Waals surface area contributed by atoms with Crippen molar-refractivity contribution in [2.75, 3.05) is 13.1 Å². The summed E-state index contributed by atoms with van der Waals surface area (Å²) in [5.74, 6) is 2.86. The average molecular weight is 378 g/mol. The van der Waals surface area contributed by atoms with Gasteiger partial charge < -0.3 is 13.9 Å². The SMILES string of the molecule is CCc1nccn1CC(=O)N1CCCC(c2ncc(Cc3ccccc3)o2)C1. The number of oxazole rings is 1. The fraction of sp³-hybridized carbons (Fsp3) is 0.409. The molecule has 0 spiro atoms. The largest absolute Gasteiger partial charge is 0.445 e. The first-order chi connectivity index (χ1) is 13.7. The lowest BCUT2D eigenvalue weighted by Crippen LogP contribution is -2.41. The van der Waals surface area contributed by atoms with Crippen LogP contribution in [-0.4, -0.2) is 38.4 Å². The second kappa shape index (κ2) is 8.42. The molecule has 0 radical (unpaired) electrons. The second-order valence-electron chi connectivity index (χ2n) is 7.33. The summed E-state index contributed by atoms with van der Waals surface area (Å²) in [5.41, 5.74) is 1.21. The lowest BCUT2D eigenvalue weighted by Gasteiger charge is -2.31. The maximum Gasteiger partial charge on any atom is 0.242 e. The lowest BCUT2D eigenvalue weighted by molar-refractivity contribution is -0.133. The minimum absolute atomic E-state index is 0.133. The molecule has 6 nitrogen and oxygen atoms in total. The Kier molecular flexibility index (Phi) is 5.55. The zero-order chi connectivity index (χ0) is 19.3. The maximum atomic E-state index is 12.8. The molecule has 28 heavy (non-hydrogen) atoms. The molecule has 146 valence electrons. The van der Waals surface area contributed by atoms with Gasteiger partial charge in [0.05, 0.1) is 12.1 Å². The molecule has 6 heteroatoms. The number of carbonyl (C=O) groups excluding carboxylic acids is 1. The van der Waals surface area contributed by atoms with Gasteiger partial charge in [-0.3, -0.25) is 4.79 Å². The van der Waals surface area contributed by atoms with Gasteiger partial charge in [-0.25, -0.2) is 9.97 Å².